The van der Waals surface area contributed by atoms with Gasteiger partial charge in [-0.2, -0.15) is 5.26 Å². The summed E-state index contributed by atoms with van der Waals surface area (Å²) in [5.74, 6) is -0.625. The van der Waals surface area contributed by atoms with Crippen LogP contribution in [0.25, 0.3) is 0 Å². The Hall–Kier alpha value is -1.08. The molecular formula is C6H11N3O. The summed E-state index contributed by atoms with van der Waals surface area (Å²) in [6.45, 7) is 1.48. The number of carbonyl (C=O) groups excluding carboxylic acids is 1. The summed E-state index contributed by atoms with van der Waals surface area (Å²) in [6.07, 6.45) is 0. The monoisotopic (exact) mass is 141 g/mol. The highest BCUT2D eigenvalue weighted by Gasteiger charge is 2.33. The Labute approximate surface area is 60.2 Å². The molecule has 0 spiro atoms. The lowest BCUT2D eigenvalue weighted by Gasteiger charge is -2.24. The molecule has 1 unspecified atom stereocenters. The maximum atomic E-state index is 10.7. The predicted molar refractivity (Wildman–Crippen MR) is 36.9 cm³/mol. The van der Waals surface area contributed by atoms with Crippen LogP contribution >= 0.6 is 0 Å². The Morgan fingerprint density at radius 1 is 1.70 bits per heavy atom. The second-order valence-corrected chi connectivity index (χ2v) is 2.44. The van der Waals surface area contributed by atoms with Gasteiger partial charge in [-0.25, -0.2) is 0 Å². The molecule has 0 rings (SSSR count). The molecule has 56 valence electrons. The van der Waals surface area contributed by atoms with Gasteiger partial charge >= 0.3 is 0 Å². The number of primary amides is 1. The van der Waals surface area contributed by atoms with Crippen molar-refractivity contribution in [3.8, 4) is 6.07 Å². The third-order valence-corrected chi connectivity index (χ3v) is 1.59. The van der Waals surface area contributed by atoms with Gasteiger partial charge in [0, 0.05) is 0 Å². The van der Waals surface area contributed by atoms with Crippen molar-refractivity contribution in [2.75, 3.05) is 14.1 Å². The standard InChI is InChI=1S/C6H11N3O/c1-6(4-7,5(8)10)9(2)3/h1-3H3,(H2,8,10). The SMILES string of the molecule is CN(C)C(C)(C#N)C(N)=O. The summed E-state index contributed by atoms with van der Waals surface area (Å²) in [4.78, 5) is 12.1. The van der Waals surface area contributed by atoms with Gasteiger partial charge in [0.15, 0.2) is 5.54 Å². The van der Waals surface area contributed by atoms with Crippen molar-refractivity contribution in [1.82, 2.24) is 4.90 Å². The van der Waals surface area contributed by atoms with Gasteiger partial charge in [-0.05, 0) is 21.0 Å². The molecule has 0 saturated carbocycles. The molecule has 0 aliphatic heterocycles. The number of hydrogen-bond acceptors (Lipinski definition) is 3. The predicted octanol–water partition coefficient (Wildman–Crippen LogP) is -0.684. The molecule has 0 aromatic heterocycles. The lowest BCUT2D eigenvalue weighted by Crippen LogP contribution is -2.50. The van der Waals surface area contributed by atoms with Crippen molar-refractivity contribution in [2.45, 2.75) is 12.5 Å². The van der Waals surface area contributed by atoms with E-state index in [1.165, 1.54) is 11.8 Å². The molecule has 0 aromatic rings. The number of likely N-dealkylation sites (N-methyl/N-ethyl adjacent to an activating group) is 1. The van der Waals surface area contributed by atoms with E-state index in [1.54, 1.807) is 14.1 Å². The molecule has 1 atom stereocenters. The first-order valence-corrected chi connectivity index (χ1v) is 2.83. The van der Waals surface area contributed by atoms with Crippen molar-refractivity contribution in [2.24, 2.45) is 5.73 Å². The van der Waals surface area contributed by atoms with Gasteiger partial charge in [-0.1, -0.05) is 0 Å². The normalized spacial score (nSPS) is 15.9. The zero-order valence-corrected chi connectivity index (χ0v) is 6.38. The molecule has 2 N–H and O–H groups in total. The minimum Gasteiger partial charge on any atom is -0.367 e. The highest BCUT2D eigenvalue weighted by atomic mass is 16.1. The van der Waals surface area contributed by atoms with Gasteiger partial charge in [0.25, 0.3) is 5.91 Å². The van der Waals surface area contributed by atoms with Crippen molar-refractivity contribution in [3.63, 3.8) is 0 Å². The summed E-state index contributed by atoms with van der Waals surface area (Å²) in [6, 6.07) is 1.83. The molecule has 0 radical (unpaired) electrons. The van der Waals surface area contributed by atoms with E-state index < -0.39 is 11.4 Å². The van der Waals surface area contributed by atoms with Gasteiger partial charge in [-0.15, -0.1) is 0 Å². The highest BCUT2D eigenvalue weighted by molar-refractivity contribution is 5.87. The number of rotatable bonds is 2. The Balaban J connectivity index is 4.60. The Kier molecular flexibility index (Phi) is 2.38. The second kappa shape index (κ2) is 2.67. The van der Waals surface area contributed by atoms with Crippen molar-refractivity contribution < 1.29 is 4.79 Å². The fourth-order valence-electron chi connectivity index (χ4n) is 0.375. The number of nitrogens with two attached hydrogens (primary N) is 1. The Bertz CT molecular complexity index is 182. The quantitative estimate of drug-likeness (QED) is 0.553. The topological polar surface area (TPSA) is 70.1 Å². The van der Waals surface area contributed by atoms with Crippen LogP contribution in [0.3, 0.4) is 0 Å². The van der Waals surface area contributed by atoms with Gasteiger partial charge in [0.2, 0.25) is 0 Å². The summed E-state index contributed by atoms with van der Waals surface area (Å²) < 4.78 is 0. The van der Waals surface area contributed by atoms with E-state index in [-0.39, 0.29) is 0 Å². The smallest absolute Gasteiger partial charge is 0.252 e. The van der Waals surface area contributed by atoms with Crippen LogP contribution in [0.15, 0.2) is 0 Å². The number of nitriles is 1. The van der Waals surface area contributed by atoms with Gasteiger partial charge in [0.1, 0.15) is 0 Å². The molecule has 1 amide bonds. The summed E-state index contributed by atoms with van der Waals surface area (Å²) in [5, 5.41) is 8.53. The maximum Gasteiger partial charge on any atom is 0.252 e. The van der Waals surface area contributed by atoms with Crippen molar-refractivity contribution >= 4 is 5.91 Å². The number of carbonyl (C=O) groups is 1. The molecule has 0 aromatic carbocycles. The molecule has 0 fully saturated rings. The first-order valence-electron chi connectivity index (χ1n) is 2.83. The van der Waals surface area contributed by atoms with E-state index >= 15 is 0 Å². The van der Waals surface area contributed by atoms with E-state index in [4.69, 9.17) is 11.0 Å². The molecule has 0 bridgehead atoms. The third kappa shape index (κ3) is 1.25. The molecule has 10 heavy (non-hydrogen) atoms. The van der Waals surface area contributed by atoms with E-state index in [0.29, 0.717) is 0 Å². The van der Waals surface area contributed by atoms with Crippen molar-refractivity contribution in [3.05, 3.63) is 0 Å². The summed E-state index contributed by atoms with van der Waals surface area (Å²) in [5.41, 5.74) is 3.80. The van der Waals surface area contributed by atoms with E-state index in [2.05, 4.69) is 0 Å². The maximum absolute atomic E-state index is 10.7. The summed E-state index contributed by atoms with van der Waals surface area (Å²) in [7, 11) is 3.27. The molecular weight excluding hydrogens is 130 g/mol. The molecule has 0 aliphatic carbocycles. The fraction of sp³-hybridized carbons (Fsp3) is 0.667. The van der Waals surface area contributed by atoms with Crippen LogP contribution in [0.2, 0.25) is 0 Å². The highest BCUT2D eigenvalue weighted by Crippen LogP contribution is 2.07. The van der Waals surface area contributed by atoms with Crippen LogP contribution in [0.1, 0.15) is 6.92 Å². The van der Waals surface area contributed by atoms with Crippen LogP contribution < -0.4 is 5.73 Å². The molecule has 4 nitrogen and oxygen atoms in total. The number of hydrogen-bond donors (Lipinski definition) is 1. The Morgan fingerprint density at radius 3 is 2.10 bits per heavy atom. The van der Waals surface area contributed by atoms with E-state index in [0.717, 1.165) is 0 Å². The zero-order chi connectivity index (χ0) is 8.36. The largest absolute Gasteiger partial charge is 0.367 e. The van der Waals surface area contributed by atoms with E-state index in [1.807, 2.05) is 6.07 Å². The Morgan fingerprint density at radius 2 is 2.10 bits per heavy atom. The minimum atomic E-state index is -1.18. The van der Waals surface area contributed by atoms with Crippen LogP contribution in [-0.4, -0.2) is 30.4 Å². The van der Waals surface area contributed by atoms with E-state index in [9.17, 15) is 4.79 Å². The lowest BCUT2D eigenvalue weighted by atomic mass is 10.0. The zero-order valence-electron chi connectivity index (χ0n) is 6.38. The minimum absolute atomic E-state index is 0.625. The van der Waals surface area contributed by atoms with Crippen molar-refractivity contribution in [1.29, 1.82) is 5.26 Å². The average molecular weight is 141 g/mol. The molecule has 0 heterocycles. The molecule has 0 aliphatic rings. The van der Waals surface area contributed by atoms with Crippen LogP contribution in [0, 0.1) is 11.3 Å². The second-order valence-electron chi connectivity index (χ2n) is 2.44. The van der Waals surface area contributed by atoms with Crippen LogP contribution in [0.4, 0.5) is 0 Å². The first kappa shape index (κ1) is 8.92. The van der Waals surface area contributed by atoms with Gasteiger partial charge < -0.3 is 5.73 Å². The third-order valence-electron chi connectivity index (χ3n) is 1.59. The fourth-order valence-corrected chi connectivity index (χ4v) is 0.375. The van der Waals surface area contributed by atoms with Gasteiger partial charge in [0.05, 0.1) is 6.07 Å². The lowest BCUT2D eigenvalue weighted by molar-refractivity contribution is -0.124. The van der Waals surface area contributed by atoms with Crippen LogP contribution in [-0.2, 0) is 4.79 Å². The number of amides is 1. The van der Waals surface area contributed by atoms with Crippen LogP contribution in [0.5, 0.6) is 0 Å². The number of nitrogens with zero attached hydrogens (tertiary/aromatic N) is 2. The van der Waals surface area contributed by atoms with Gasteiger partial charge in [-0.3, -0.25) is 9.69 Å². The molecule has 0 saturated heterocycles. The average Bonchev–Trinajstić information content (AvgIpc) is 1.85. The summed E-state index contributed by atoms with van der Waals surface area (Å²) >= 11 is 0. The molecule has 4 heteroatoms. The first-order chi connectivity index (χ1) is 4.45.